The average molecular weight is 290 g/mol. The first-order valence-electron chi connectivity index (χ1n) is 5.72. The van der Waals surface area contributed by atoms with E-state index >= 15 is 0 Å². The Hall–Kier alpha value is -1.38. The molecule has 0 fully saturated rings. The SMILES string of the molecule is CCC(COC)NC(=O)c1cc(S(N)(=O)=O)c(C)o1. The van der Waals surface area contributed by atoms with Gasteiger partial charge in [0.2, 0.25) is 10.0 Å². The highest BCUT2D eigenvalue weighted by atomic mass is 32.2. The zero-order valence-electron chi connectivity index (χ0n) is 11.1. The van der Waals surface area contributed by atoms with Gasteiger partial charge in [0, 0.05) is 13.2 Å². The standard InChI is InChI=1S/C11H18N2O5S/c1-4-8(6-17-3)13-11(14)9-5-10(7(2)18-9)19(12,15)16/h5,8H,4,6H2,1-3H3,(H,13,14)(H2,12,15,16). The molecule has 1 amide bonds. The highest BCUT2D eigenvalue weighted by Gasteiger charge is 2.22. The molecule has 108 valence electrons. The lowest BCUT2D eigenvalue weighted by Gasteiger charge is -2.14. The van der Waals surface area contributed by atoms with Gasteiger partial charge in [0.05, 0.1) is 12.6 Å². The number of furan rings is 1. The largest absolute Gasteiger partial charge is 0.455 e. The molecule has 0 saturated heterocycles. The van der Waals surface area contributed by atoms with Crippen LogP contribution >= 0.6 is 0 Å². The Morgan fingerprint density at radius 1 is 1.58 bits per heavy atom. The number of nitrogens with one attached hydrogen (secondary N) is 1. The molecule has 0 saturated carbocycles. The number of aryl methyl sites for hydroxylation is 1. The molecule has 1 unspecified atom stereocenters. The van der Waals surface area contributed by atoms with Crippen LogP contribution in [-0.2, 0) is 14.8 Å². The Labute approximate surface area is 112 Å². The van der Waals surface area contributed by atoms with E-state index in [4.69, 9.17) is 14.3 Å². The zero-order valence-corrected chi connectivity index (χ0v) is 11.9. The van der Waals surface area contributed by atoms with Crippen molar-refractivity contribution in [3.8, 4) is 0 Å². The van der Waals surface area contributed by atoms with E-state index in [-0.39, 0.29) is 22.5 Å². The molecule has 0 aliphatic carbocycles. The lowest BCUT2D eigenvalue weighted by Crippen LogP contribution is -2.37. The number of hydrogen-bond donors (Lipinski definition) is 2. The van der Waals surface area contributed by atoms with Crippen LogP contribution in [0.1, 0.15) is 29.7 Å². The lowest BCUT2D eigenvalue weighted by molar-refractivity contribution is 0.0866. The molecule has 3 N–H and O–H groups in total. The van der Waals surface area contributed by atoms with Gasteiger partial charge in [-0.3, -0.25) is 4.79 Å². The number of rotatable bonds is 6. The molecule has 0 spiro atoms. The second kappa shape index (κ2) is 6.18. The van der Waals surface area contributed by atoms with Gasteiger partial charge in [-0.1, -0.05) is 6.92 Å². The number of amides is 1. The van der Waals surface area contributed by atoms with Crippen LogP contribution in [0.5, 0.6) is 0 Å². The third kappa shape index (κ3) is 4.05. The van der Waals surface area contributed by atoms with Crippen molar-refractivity contribution in [3.63, 3.8) is 0 Å². The molecule has 1 aromatic heterocycles. The third-order valence-electron chi connectivity index (χ3n) is 2.60. The molecule has 1 rings (SSSR count). The van der Waals surface area contributed by atoms with Crippen LogP contribution in [-0.4, -0.2) is 34.1 Å². The summed E-state index contributed by atoms with van der Waals surface area (Å²) in [5.41, 5.74) is 0. The van der Waals surface area contributed by atoms with Crippen molar-refractivity contribution < 1.29 is 22.4 Å². The predicted molar refractivity (Wildman–Crippen MR) is 68.2 cm³/mol. The first kappa shape index (κ1) is 15.7. The van der Waals surface area contributed by atoms with Crippen molar-refractivity contribution in [1.82, 2.24) is 5.32 Å². The molecule has 0 aliphatic heterocycles. The van der Waals surface area contributed by atoms with E-state index in [9.17, 15) is 13.2 Å². The van der Waals surface area contributed by atoms with Gasteiger partial charge < -0.3 is 14.5 Å². The molecule has 1 aromatic rings. The second-order valence-electron chi connectivity index (χ2n) is 4.11. The number of ether oxygens (including phenoxy) is 1. The Bertz CT molecular complexity index is 549. The van der Waals surface area contributed by atoms with Gasteiger partial charge in [0.15, 0.2) is 5.76 Å². The number of nitrogens with two attached hydrogens (primary N) is 1. The van der Waals surface area contributed by atoms with Gasteiger partial charge in [0.25, 0.3) is 5.91 Å². The second-order valence-corrected chi connectivity index (χ2v) is 5.64. The first-order valence-corrected chi connectivity index (χ1v) is 7.27. The van der Waals surface area contributed by atoms with Crippen LogP contribution < -0.4 is 10.5 Å². The number of carbonyl (C=O) groups is 1. The summed E-state index contributed by atoms with van der Waals surface area (Å²) >= 11 is 0. The molecule has 0 bridgehead atoms. The summed E-state index contributed by atoms with van der Waals surface area (Å²) in [6, 6.07) is 0.959. The minimum absolute atomic E-state index is 0.0870. The van der Waals surface area contributed by atoms with Gasteiger partial charge in [-0.05, 0) is 13.3 Å². The average Bonchev–Trinajstić information content (AvgIpc) is 2.70. The van der Waals surface area contributed by atoms with Crippen molar-refractivity contribution in [3.05, 3.63) is 17.6 Å². The third-order valence-corrected chi connectivity index (χ3v) is 3.62. The number of primary sulfonamides is 1. The van der Waals surface area contributed by atoms with Crippen LogP contribution in [0.15, 0.2) is 15.4 Å². The van der Waals surface area contributed by atoms with E-state index in [1.54, 1.807) is 0 Å². The maximum atomic E-state index is 11.9. The zero-order chi connectivity index (χ0) is 14.6. The van der Waals surface area contributed by atoms with Crippen molar-refractivity contribution >= 4 is 15.9 Å². The highest BCUT2D eigenvalue weighted by Crippen LogP contribution is 2.18. The number of carbonyl (C=O) groups excluding carboxylic acids is 1. The smallest absolute Gasteiger partial charge is 0.287 e. The summed E-state index contributed by atoms with van der Waals surface area (Å²) in [6.07, 6.45) is 0.682. The molecule has 1 heterocycles. The molecule has 0 aromatic carbocycles. The van der Waals surface area contributed by atoms with Crippen LogP contribution in [0.25, 0.3) is 0 Å². The lowest BCUT2D eigenvalue weighted by atomic mass is 10.2. The van der Waals surface area contributed by atoms with Gasteiger partial charge in [-0.25, -0.2) is 13.6 Å². The molecule has 0 aliphatic rings. The van der Waals surface area contributed by atoms with Crippen LogP contribution in [0.3, 0.4) is 0 Å². The van der Waals surface area contributed by atoms with E-state index < -0.39 is 15.9 Å². The monoisotopic (exact) mass is 290 g/mol. The fourth-order valence-electron chi connectivity index (χ4n) is 1.58. The minimum atomic E-state index is -3.89. The van der Waals surface area contributed by atoms with Crippen molar-refractivity contribution in [2.45, 2.75) is 31.2 Å². The van der Waals surface area contributed by atoms with E-state index in [0.717, 1.165) is 6.07 Å². The van der Waals surface area contributed by atoms with Crippen molar-refractivity contribution in [2.75, 3.05) is 13.7 Å². The maximum absolute atomic E-state index is 11.9. The highest BCUT2D eigenvalue weighted by molar-refractivity contribution is 7.89. The maximum Gasteiger partial charge on any atom is 0.287 e. The number of sulfonamides is 1. The fourth-order valence-corrected chi connectivity index (χ4v) is 2.29. The number of methoxy groups -OCH3 is 1. The topological polar surface area (TPSA) is 112 Å². The summed E-state index contributed by atoms with van der Waals surface area (Å²) in [7, 11) is -2.36. The van der Waals surface area contributed by atoms with Gasteiger partial charge >= 0.3 is 0 Å². The first-order chi connectivity index (χ1) is 8.79. The fraction of sp³-hybridized carbons (Fsp3) is 0.545. The van der Waals surface area contributed by atoms with E-state index in [0.29, 0.717) is 13.0 Å². The van der Waals surface area contributed by atoms with Crippen molar-refractivity contribution in [1.29, 1.82) is 0 Å². The van der Waals surface area contributed by atoms with E-state index in [2.05, 4.69) is 5.32 Å². The summed E-state index contributed by atoms with van der Waals surface area (Å²) in [5, 5.41) is 7.69. The summed E-state index contributed by atoms with van der Waals surface area (Å²) < 4.78 is 32.5. The van der Waals surface area contributed by atoms with Crippen LogP contribution in [0.2, 0.25) is 0 Å². The van der Waals surface area contributed by atoms with Crippen LogP contribution in [0, 0.1) is 6.92 Å². The van der Waals surface area contributed by atoms with E-state index in [1.807, 2.05) is 6.92 Å². The van der Waals surface area contributed by atoms with Gasteiger partial charge in [-0.2, -0.15) is 0 Å². The summed E-state index contributed by atoms with van der Waals surface area (Å²) in [5.74, 6) is -0.495. The Kier molecular flexibility index (Phi) is 5.10. The predicted octanol–water partition coefficient (Wildman–Crippen LogP) is 0.390. The summed E-state index contributed by atoms with van der Waals surface area (Å²) in [6.45, 7) is 3.69. The van der Waals surface area contributed by atoms with Crippen molar-refractivity contribution in [2.24, 2.45) is 5.14 Å². The van der Waals surface area contributed by atoms with E-state index in [1.165, 1.54) is 14.0 Å². The minimum Gasteiger partial charge on any atom is -0.455 e. The number of hydrogen-bond acceptors (Lipinski definition) is 5. The molecular formula is C11H18N2O5S. The molecule has 7 nitrogen and oxygen atoms in total. The Morgan fingerprint density at radius 3 is 2.63 bits per heavy atom. The Morgan fingerprint density at radius 2 is 2.21 bits per heavy atom. The molecular weight excluding hydrogens is 272 g/mol. The van der Waals surface area contributed by atoms with Crippen LogP contribution in [0.4, 0.5) is 0 Å². The molecule has 1 atom stereocenters. The van der Waals surface area contributed by atoms with Gasteiger partial charge in [-0.15, -0.1) is 0 Å². The normalized spacial score (nSPS) is 13.3. The summed E-state index contributed by atoms with van der Waals surface area (Å²) in [4.78, 5) is 11.7. The Balaban J connectivity index is 2.90. The van der Waals surface area contributed by atoms with Gasteiger partial charge in [0.1, 0.15) is 10.7 Å². The molecule has 0 radical (unpaired) electrons. The molecule has 8 heteroatoms. The molecule has 19 heavy (non-hydrogen) atoms. The quantitative estimate of drug-likeness (QED) is 0.787.